The topological polar surface area (TPSA) is 108 Å². The van der Waals surface area contributed by atoms with Gasteiger partial charge in [-0.2, -0.15) is 0 Å². The molecule has 2 rings (SSSR count). The van der Waals surface area contributed by atoms with E-state index in [-0.39, 0.29) is 24.8 Å². The van der Waals surface area contributed by atoms with Crippen LogP contribution in [0, 0.1) is 5.92 Å². The summed E-state index contributed by atoms with van der Waals surface area (Å²) in [6, 6.07) is 8.16. The van der Waals surface area contributed by atoms with Gasteiger partial charge in [0.05, 0.1) is 0 Å². The van der Waals surface area contributed by atoms with Crippen LogP contribution in [0.3, 0.4) is 0 Å². The number of carbonyl (C=O) groups is 4. The van der Waals surface area contributed by atoms with Crippen LogP contribution in [0.4, 0.5) is 9.59 Å². The summed E-state index contributed by atoms with van der Waals surface area (Å²) in [5, 5.41) is 7.47. The van der Waals surface area contributed by atoms with Crippen LogP contribution in [0.15, 0.2) is 30.3 Å². The fraction of sp³-hybridized carbons (Fsp3) is 0.474. The smallest absolute Gasteiger partial charge is 0.325 e. The van der Waals surface area contributed by atoms with Crippen molar-refractivity contribution in [2.75, 3.05) is 6.54 Å². The largest absolute Gasteiger partial charge is 0.334 e. The maximum absolute atomic E-state index is 12.5. The molecule has 0 saturated carbocycles. The second-order valence-electron chi connectivity index (χ2n) is 7.28. The molecule has 146 valence electrons. The zero-order chi connectivity index (χ0) is 20.0. The molecule has 1 atom stereocenters. The number of hydrogen-bond donors (Lipinski definition) is 3. The first-order chi connectivity index (χ1) is 12.7. The van der Waals surface area contributed by atoms with Gasteiger partial charge in [-0.25, -0.2) is 9.59 Å². The molecule has 1 heterocycles. The molecule has 0 bridgehead atoms. The van der Waals surface area contributed by atoms with Gasteiger partial charge in [0.2, 0.25) is 5.91 Å². The molecule has 0 radical (unpaired) electrons. The van der Waals surface area contributed by atoms with Crippen LogP contribution in [0.25, 0.3) is 0 Å². The zero-order valence-corrected chi connectivity index (χ0v) is 15.9. The van der Waals surface area contributed by atoms with Crippen LogP contribution in [-0.4, -0.2) is 40.9 Å². The second kappa shape index (κ2) is 8.66. The van der Waals surface area contributed by atoms with Gasteiger partial charge in [0.15, 0.2) is 0 Å². The normalized spacial score (nSPS) is 19.2. The van der Waals surface area contributed by atoms with E-state index in [1.54, 1.807) is 6.92 Å². The van der Waals surface area contributed by atoms with Crippen molar-refractivity contribution < 1.29 is 19.2 Å². The van der Waals surface area contributed by atoms with E-state index in [1.165, 1.54) is 0 Å². The van der Waals surface area contributed by atoms with Gasteiger partial charge in [-0.3, -0.25) is 19.8 Å². The summed E-state index contributed by atoms with van der Waals surface area (Å²) in [4.78, 5) is 49.3. The highest BCUT2D eigenvalue weighted by Crippen LogP contribution is 2.24. The Labute approximate surface area is 158 Å². The Morgan fingerprint density at radius 1 is 1.19 bits per heavy atom. The fourth-order valence-corrected chi connectivity index (χ4v) is 3.13. The van der Waals surface area contributed by atoms with Crippen molar-refractivity contribution in [2.24, 2.45) is 5.92 Å². The number of benzene rings is 1. The summed E-state index contributed by atoms with van der Waals surface area (Å²) in [6.07, 6.45) is 0.373. The van der Waals surface area contributed by atoms with E-state index in [9.17, 15) is 19.2 Å². The minimum Gasteiger partial charge on any atom is -0.334 e. The lowest BCUT2D eigenvalue weighted by Gasteiger charge is -2.23. The van der Waals surface area contributed by atoms with Crippen LogP contribution in [0.5, 0.6) is 0 Å². The summed E-state index contributed by atoms with van der Waals surface area (Å²) < 4.78 is 0. The summed E-state index contributed by atoms with van der Waals surface area (Å²) in [7, 11) is 0. The first-order valence-electron chi connectivity index (χ1n) is 8.97. The number of nitrogens with zero attached hydrogens (tertiary/aromatic N) is 1. The summed E-state index contributed by atoms with van der Waals surface area (Å²) >= 11 is 0. The molecule has 3 N–H and O–H groups in total. The van der Waals surface area contributed by atoms with Crippen LogP contribution >= 0.6 is 0 Å². The lowest BCUT2D eigenvalue weighted by molar-refractivity contribution is -0.131. The predicted molar refractivity (Wildman–Crippen MR) is 99.5 cm³/mol. The van der Waals surface area contributed by atoms with Gasteiger partial charge in [0.1, 0.15) is 5.54 Å². The number of rotatable bonds is 7. The first kappa shape index (κ1) is 20.4. The average molecular weight is 374 g/mol. The molecule has 8 nitrogen and oxygen atoms in total. The van der Waals surface area contributed by atoms with Crippen molar-refractivity contribution in [3.05, 3.63) is 35.9 Å². The molecule has 0 spiro atoms. The number of imide groups is 2. The number of nitrogens with one attached hydrogen (secondary N) is 3. The molecule has 1 aliphatic heterocycles. The van der Waals surface area contributed by atoms with Crippen molar-refractivity contribution in [2.45, 2.75) is 45.7 Å². The van der Waals surface area contributed by atoms with E-state index in [0.717, 1.165) is 10.5 Å². The van der Waals surface area contributed by atoms with Gasteiger partial charge in [0, 0.05) is 19.5 Å². The molecule has 1 unspecified atom stereocenters. The molecular formula is C19H26N4O4. The van der Waals surface area contributed by atoms with Crippen molar-refractivity contribution in [1.29, 1.82) is 0 Å². The summed E-state index contributed by atoms with van der Waals surface area (Å²) in [6.45, 7) is 5.84. The van der Waals surface area contributed by atoms with E-state index in [0.29, 0.717) is 13.0 Å². The molecule has 0 aromatic heterocycles. The number of amides is 6. The third-order valence-corrected chi connectivity index (χ3v) is 4.27. The number of carbonyl (C=O) groups excluding carboxylic acids is 4. The van der Waals surface area contributed by atoms with Gasteiger partial charge >= 0.3 is 12.1 Å². The average Bonchev–Trinajstić information content (AvgIpc) is 2.80. The SMILES string of the molecule is CC(C)CC1(C)NC(=O)N(CCC(=O)NC(=O)NCc2ccccc2)C1=O. The Balaban J connectivity index is 1.78. The Kier molecular flexibility index (Phi) is 6.55. The van der Waals surface area contributed by atoms with Crippen LogP contribution in [-0.2, 0) is 16.1 Å². The van der Waals surface area contributed by atoms with E-state index in [4.69, 9.17) is 0 Å². The second-order valence-corrected chi connectivity index (χ2v) is 7.28. The Bertz CT molecular complexity index is 720. The van der Waals surface area contributed by atoms with Crippen LogP contribution in [0.1, 0.15) is 39.2 Å². The summed E-state index contributed by atoms with van der Waals surface area (Å²) in [5.41, 5.74) is -0.0433. The highest BCUT2D eigenvalue weighted by atomic mass is 16.2. The van der Waals surface area contributed by atoms with Crippen LogP contribution < -0.4 is 16.0 Å². The zero-order valence-electron chi connectivity index (χ0n) is 15.9. The summed E-state index contributed by atoms with van der Waals surface area (Å²) in [5.74, 6) is -0.669. The van der Waals surface area contributed by atoms with Crippen molar-refractivity contribution in [1.82, 2.24) is 20.9 Å². The molecule has 1 aliphatic rings. The van der Waals surface area contributed by atoms with Crippen molar-refractivity contribution in [3.8, 4) is 0 Å². The monoisotopic (exact) mass is 374 g/mol. The highest BCUT2D eigenvalue weighted by Gasteiger charge is 2.47. The quantitative estimate of drug-likeness (QED) is 0.632. The van der Waals surface area contributed by atoms with E-state index >= 15 is 0 Å². The Morgan fingerprint density at radius 3 is 2.48 bits per heavy atom. The molecule has 1 saturated heterocycles. The molecule has 6 amide bonds. The molecular weight excluding hydrogens is 348 g/mol. The molecule has 1 aromatic carbocycles. The standard InChI is InChI=1S/C19H26N4O4/c1-13(2)11-19(3)16(25)23(18(27)22-19)10-9-15(24)21-17(26)20-12-14-7-5-4-6-8-14/h4-8,13H,9-12H2,1-3H3,(H,22,27)(H2,20,21,24,26). The van der Waals surface area contributed by atoms with Crippen LogP contribution in [0.2, 0.25) is 0 Å². The molecule has 8 heteroatoms. The highest BCUT2D eigenvalue weighted by molar-refractivity contribution is 6.07. The predicted octanol–water partition coefficient (Wildman–Crippen LogP) is 1.76. The molecule has 0 aliphatic carbocycles. The van der Waals surface area contributed by atoms with Gasteiger partial charge in [0.25, 0.3) is 5.91 Å². The maximum atomic E-state index is 12.5. The first-order valence-corrected chi connectivity index (χ1v) is 8.97. The van der Waals surface area contributed by atoms with E-state index in [1.807, 2.05) is 44.2 Å². The van der Waals surface area contributed by atoms with Crippen molar-refractivity contribution in [3.63, 3.8) is 0 Å². The minimum atomic E-state index is -0.950. The Morgan fingerprint density at radius 2 is 1.85 bits per heavy atom. The minimum absolute atomic E-state index is 0.0733. The maximum Gasteiger partial charge on any atom is 0.325 e. The number of hydrogen-bond acceptors (Lipinski definition) is 4. The van der Waals surface area contributed by atoms with Crippen molar-refractivity contribution >= 4 is 23.9 Å². The molecule has 1 fully saturated rings. The lowest BCUT2D eigenvalue weighted by atomic mass is 9.91. The van der Waals surface area contributed by atoms with E-state index < -0.39 is 23.5 Å². The third-order valence-electron chi connectivity index (χ3n) is 4.27. The van der Waals surface area contributed by atoms with Gasteiger partial charge in [-0.15, -0.1) is 0 Å². The van der Waals surface area contributed by atoms with E-state index in [2.05, 4.69) is 16.0 Å². The van der Waals surface area contributed by atoms with Gasteiger partial charge in [-0.05, 0) is 24.8 Å². The third kappa shape index (κ3) is 5.54. The lowest BCUT2D eigenvalue weighted by Crippen LogP contribution is -2.45. The van der Waals surface area contributed by atoms with Gasteiger partial charge < -0.3 is 10.6 Å². The fourth-order valence-electron chi connectivity index (χ4n) is 3.13. The molecule has 1 aromatic rings. The Hall–Kier alpha value is -2.90. The number of urea groups is 2. The van der Waals surface area contributed by atoms with Gasteiger partial charge in [-0.1, -0.05) is 44.2 Å². The molecule has 27 heavy (non-hydrogen) atoms.